The average Bonchev–Trinajstić information content (AvgIpc) is 2.69. The van der Waals surface area contributed by atoms with Crippen LogP contribution in [0.15, 0.2) is 48.8 Å². The van der Waals surface area contributed by atoms with Gasteiger partial charge in [0.15, 0.2) is 0 Å². The van der Waals surface area contributed by atoms with Gasteiger partial charge in [-0.3, -0.25) is 24.6 Å². The summed E-state index contributed by atoms with van der Waals surface area (Å²) < 4.78 is 0. The van der Waals surface area contributed by atoms with Crippen molar-refractivity contribution in [3.8, 4) is 0 Å². The van der Waals surface area contributed by atoms with Crippen LogP contribution in [0.2, 0.25) is 0 Å². The molecule has 0 spiro atoms. The fourth-order valence-electron chi connectivity index (χ4n) is 4.06. The third kappa shape index (κ3) is 6.38. The molecule has 0 bridgehead atoms. The monoisotopic (exact) mass is 424 g/mol. The first-order valence-corrected chi connectivity index (χ1v) is 9.59. The molecule has 2 aromatic rings. The van der Waals surface area contributed by atoms with Gasteiger partial charge >= 0.3 is 5.97 Å². The van der Waals surface area contributed by atoms with Crippen molar-refractivity contribution in [2.24, 2.45) is 0 Å². The summed E-state index contributed by atoms with van der Waals surface area (Å²) in [5.74, 6) is -0.789. The van der Waals surface area contributed by atoms with Crippen LogP contribution in [0.3, 0.4) is 0 Å². The molecule has 1 fully saturated rings. The van der Waals surface area contributed by atoms with Crippen molar-refractivity contribution < 1.29 is 27.0 Å². The van der Waals surface area contributed by atoms with Gasteiger partial charge < -0.3 is 5.11 Å². The first-order chi connectivity index (χ1) is 13.1. The van der Waals surface area contributed by atoms with Gasteiger partial charge in [-0.05, 0) is 44.2 Å². The van der Waals surface area contributed by atoms with Crippen molar-refractivity contribution in [2.45, 2.75) is 50.9 Å². The van der Waals surface area contributed by atoms with E-state index in [2.05, 4.69) is 26.8 Å². The van der Waals surface area contributed by atoms with Gasteiger partial charge in [0.1, 0.15) is 0 Å². The van der Waals surface area contributed by atoms with E-state index in [4.69, 9.17) is 0 Å². The summed E-state index contributed by atoms with van der Waals surface area (Å²) in [7, 11) is 2.12. The zero-order valence-corrected chi connectivity index (χ0v) is 17.3. The quantitative estimate of drug-likeness (QED) is 0.658. The first-order valence-electron chi connectivity index (χ1n) is 9.59. The normalized spacial score (nSPS) is 19.4. The molecule has 0 saturated heterocycles. The molecular weight excluding hydrogens is 396 g/mol. The van der Waals surface area contributed by atoms with Crippen LogP contribution < -0.4 is 0 Å². The summed E-state index contributed by atoms with van der Waals surface area (Å²) in [6, 6.07) is 12.3. The molecule has 1 aliphatic rings. The maximum atomic E-state index is 11.5. The van der Waals surface area contributed by atoms with Crippen molar-refractivity contribution in [1.82, 2.24) is 19.8 Å². The molecule has 152 valence electrons. The van der Waals surface area contributed by atoms with E-state index in [1.54, 1.807) is 6.20 Å². The molecule has 28 heavy (non-hydrogen) atoms. The largest absolute Gasteiger partial charge is 0.480 e. The van der Waals surface area contributed by atoms with Gasteiger partial charge in [-0.2, -0.15) is 0 Å². The maximum Gasteiger partial charge on any atom is 0.317 e. The van der Waals surface area contributed by atoms with Gasteiger partial charge in [0, 0.05) is 54.6 Å². The Labute approximate surface area is 177 Å². The van der Waals surface area contributed by atoms with Crippen LogP contribution >= 0.6 is 0 Å². The minimum atomic E-state index is -0.789. The minimum absolute atomic E-state index is 0. The summed E-state index contributed by atoms with van der Waals surface area (Å²) in [5, 5.41) is 9.47. The van der Waals surface area contributed by atoms with Crippen LogP contribution in [0.25, 0.3) is 0 Å². The van der Waals surface area contributed by atoms with Gasteiger partial charge in [-0.15, -0.1) is 0 Å². The van der Waals surface area contributed by atoms with Gasteiger partial charge in [0.2, 0.25) is 0 Å². The van der Waals surface area contributed by atoms with E-state index in [0.29, 0.717) is 12.6 Å². The van der Waals surface area contributed by atoms with Crippen LogP contribution in [0.1, 0.15) is 37.1 Å². The van der Waals surface area contributed by atoms with Crippen molar-refractivity contribution in [3.05, 3.63) is 60.2 Å². The molecule has 2 atom stereocenters. The van der Waals surface area contributed by atoms with E-state index in [0.717, 1.165) is 37.2 Å². The predicted octanol–water partition coefficient (Wildman–Crippen LogP) is 2.80. The zero-order chi connectivity index (χ0) is 19.1. The molecule has 0 aromatic carbocycles. The molecular formula is C21H28FeN4O2. The molecule has 0 aliphatic heterocycles. The number of hydrogen-bond donors (Lipinski definition) is 1. The standard InChI is InChI=1S/C21H28N4O2.Fe/c1-24(14-17-8-4-6-12-22-17)19-10-2-3-11-20(19)25(16-21(26)27)15-18-9-5-7-13-23-18;/h4-9,12-13,19-20H,2-3,10-11,14-16H2,1H3,(H,26,27);/t19-,20-;/m0./s1. The van der Waals surface area contributed by atoms with Gasteiger partial charge in [0.25, 0.3) is 0 Å². The number of aromatic nitrogens is 2. The van der Waals surface area contributed by atoms with E-state index in [1.165, 1.54) is 6.42 Å². The van der Waals surface area contributed by atoms with Crippen LogP contribution in [-0.4, -0.2) is 56.5 Å². The predicted molar refractivity (Wildman–Crippen MR) is 104 cm³/mol. The van der Waals surface area contributed by atoms with Crippen LogP contribution in [0, 0.1) is 0 Å². The van der Waals surface area contributed by atoms with E-state index >= 15 is 0 Å². The summed E-state index contributed by atoms with van der Waals surface area (Å²) in [6.45, 7) is 1.37. The Morgan fingerprint density at radius 3 is 2.11 bits per heavy atom. The molecule has 3 rings (SSSR count). The Balaban J connectivity index is 0.00000280. The molecule has 6 nitrogen and oxygen atoms in total. The number of pyridine rings is 2. The summed E-state index contributed by atoms with van der Waals surface area (Å²) in [4.78, 5) is 24.8. The molecule has 0 radical (unpaired) electrons. The smallest absolute Gasteiger partial charge is 0.317 e. The topological polar surface area (TPSA) is 69.6 Å². The number of carbonyl (C=O) groups is 1. The molecule has 0 amide bonds. The van der Waals surface area contributed by atoms with Crippen molar-refractivity contribution in [3.63, 3.8) is 0 Å². The first kappa shape index (κ1) is 22.5. The Morgan fingerprint density at radius 1 is 1.00 bits per heavy atom. The number of carboxylic acids is 1. The van der Waals surface area contributed by atoms with E-state index < -0.39 is 5.97 Å². The molecule has 0 unspecified atom stereocenters. The second kappa shape index (κ2) is 11.3. The van der Waals surface area contributed by atoms with Crippen molar-refractivity contribution in [1.29, 1.82) is 0 Å². The third-order valence-electron chi connectivity index (χ3n) is 5.30. The molecule has 2 aromatic heterocycles. The number of carboxylic acid groups (broad SMARTS) is 1. The summed E-state index contributed by atoms with van der Waals surface area (Å²) >= 11 is 0. The van der Waals surface area contributed by atoms with E-state index in [1.807, 2.05) is 42.6 Å². The third-order valence-corrected chi connectivity index (χ3v) is 5.30. The van der Waals surface area contributed by atoms with E-state index in [9.17, 15) is 9.90 Å². The molecule has 1 N–H and O–H groups in total. The summed E-state index contributed by atoms with van der Waals surface area (Å²) in [6.07, 6.45) is 7.98. The van der Waals surface area contributed by atoms with Crippen LogP contribution in [-0.2, 0) is 35.0 Å². The number of aliphatic carboxylic acids is 1. The van der Waals surface area contributed by atoms with Gasteiger partial charge in [-0.1, -0.05) is 25.0 Å². The Morgan fingerprint density at radius 2 is 1.57 bits per heavy atom. The number of hydrogen-bond acceptors (Lipinski definition) is 5. The van der Waals surface area contributed by atoms with Crippen LogP contribution in [0.4, 0.5) is 0 Å². The average molecular weight is 424 g/mol. The Hall–Kier alpha value is -1.79. The van der Waals surface area contributed by atoms with Gasteiger partial charge in [0.05, 0.1) is 17.9 Å². The molecule has 2 heterocycles. The SMILES string of the molecule is CN(Cc1ccccn1)[C@H]1CCCC[C@@H]1N(CC(=O)O)Cc1ccccn1.[Fe]. The van der Waals surface area contributed by atoms with Crippen molar-refractivity contribution in [2.75, 3.05) is 13.6 Å². The second-order valence-corrected chi connectivity index (χ2v) is 7.28. The van der Waals surface area contributed by atoms with Crippen LogP contribution in [0.5, 0.6) is 0 Å². The Kier molecular flexibility index (Phi) is 9.05. The fourth-order valence-corrected chi connectivity index (χ4v) is 4.06. The number of nitrogens with zero attached hydrogens (tertiary/aromatic N) is 4. The van der Waals surface area contributed by atoms with Gasteiger partial charge in [-0.25, -0.2) is 0 Å². The summed E-state index contributed by atoms with van der Waals surface area (Å²) in [5.41, 5.74) is 1.95. The maximum absolute atomic E-state index is 11.5. The zero-order valence-electron chi connectivity index (χ0n) is 16.2. The Bertz CT molecular complexity index is 717. The van der Waals surface area contributed by atoms with Crippen molar-refractivity contribution >= 4 is 5.97 Å². The molecule has 1 saturated carbocycles. The molecule has 1 aliphatic carbocycles. The van der Waals surface area contributed by atoms with E-state index in [-0.39, 0.29) is 29.7 Å². The minimum Gasteiger partial charge on any atom is -0.480 e. The number of likely N-dealkylation sites (N-methyl/N-ethyl adjacent to an activating group) is 1. The second-order valence-electron chi connectivity index (χ2n) is 7.28. The fraction of sp³-hybridized carbons (Fsp3) is 0.476. The molecule has 7 heteroatoms. The number of rotatable bonds is 8.